The molecule has 1 aromatic carbocycles. The van der Waals surface area contributed by atoms with Crippen LogP contribution in [0.1, 0.15) is 32.6 Å². The molecule has 0 heterocycles. The Balaban J connectivity index is 1.60. The van der Waals surface area contributed by atoms with Gasteiger partial charge in [-0.1, -0.05) is 6.92 Å². The zero-order valence-corrected chi connectivity index (χ0v) is 15.8. The fourth-order valence-electron chi connectivity index (χ4n) is 2.99. The number of hydrogen-bond acceptors (Lipinski definition) is 4. The summed E-state index contributed by atoms with van der Waals surface area (Å²) in [5, 5.41) is 0. The quantitative estimate of drug-likeness (QED) is 0.667. The SMILES string of the molecule is COc1ccc(OCCSCC(=O)N(C)C2CCC(C)CC2)cc1. The van der Waals surface area contributed by atoms with Crippen LogP contribution in [0.15, 0.2) is 24.3 Å². The molecule has 5 heteroatoms. The van der Waals surface area contributed by atoms with Crippen molar-refractivity contribution in [2.45, 2.75) is 38.6 Å². The van der Waals surface area contributed by atoms with Gasteiger partial charge in [-0.25, -0.2) is 0 Å². The summed E-state index contributed by atoms with van der Waals surface area (Å²) >= 11 is 1.64. The molecule has 1 aromatic rings. The molecule has 0 atom stereocenters. The third-order valence-electron chi connectivity index (χ3n) is 4.71. The number of methoxy groups -OCH3 is 1. The minimum Gasteiger partial charge on any atom is -0.497 e. The molecule has 4 nitrogen and oxygen atoms in total. The standard InChI is InChI=1S/C19H29NO3S/c1-15-4-6-16(7-5-15)20(2)19(21)14-24-13-12-23-18-10-8-17(22-3)9-11-18/h8-11,15-16H,4-7,12-14H2,1-3H3. The lowest BCUT2D eigenvalue weighted by molar-refractivity contribution is -0.129. The summed E-state index contributed by atoms with van der Waals surface area (Å²) in [5.41, 5.74) is 0. The Morgan fingerprint density at radius 3 is 2.42 bits per heavy atom. The van der Waals surface area contributed by atoms with E-state index in [0.717, 1.165) is 36.0 Å². The molecule has 2 rings (SSSR count). The van der Waals surface area contributed by atoms with Gasteiger partial charge in [-0.15, -0.1) is 11.8 Å². The first kappa shape index (κ1) is 19.0. The van der Waals surface area contributed by atoms with Crippen LogP contribution in [0, 0.1) is 5.92 Å². The molecule has 0 radical (unpaired) electrons. The summed E-state index contributed by atoms with van der Waals surface area (Å²) in [6, 6.07) is 7.99. The molecule has 0 unspecified atom stereocenters. The van der Waals surface area contributed by atoms with Gasteiger partial charge in [0.1, 0.15) is 11.5 Å². The van der Waals surface area contributed by atoms with E-state index in [1.54, 1.807) is 18.9 Å². The van der Waals surface area contributed by atoms with E-state index in [9.17, 15) is 4.79 Å². The molecule has 1 aliphatic rings. The second kappa shape index (κ2) is 9.82. The number of hydrogen-bond donors (Lipinski definition) is 0. The van der Waals surface area contributed by atoms with Crippen molar-refractivity contribution < 1.29 is 14.3 Å². The molecule has 0 aliphatic heterocycles. The zero-order valence-electron chi connectivity index (χ0n) is 15.0. The summed E-state index contributed by atoms with van der Waals surface area (Å²) < 4.78 is 10.8. The maximum Gasteiger partial charge on any atom is 0.232 e. The summed E-state index contributed by atoms with van der Waals surface area (Å²) in [6.07, 6.45) is 4.78. The number of nitrogens with zero attached hydrogens (tertiary/aromatic N) is 1. The molecule has 0 aromatic heterocycles. The highest BCUT2D eigenvalue weighted by atomic mass is 32.2. The maximum atomic E-state index is 12.3. The van der Waals surface area contributed by atoms with Crippen LogP contribution in [-0.2, 0) is 4.79 Å². The lowest BCUT2D eigenvalue weighted by Gasteiger charge is -2.33. The van der Waals surface area contributed by atoms with Crippen molar-refractivity contribution in [3.8, 4) is 11.5 Å². The second-order valence-corrected chi connectivity index (χ2v) is 7.60. The third-order valence-corrected chi connectivity index (χ3v) is 5.61. The molecule has 0 bridgehead atoms. The van der Waals surface area contributed by atoms with E-state index in [-0.39, 0.29) is 5.91 Å². The average Bonchev–Trinajstić information content (AvgIpc) is 2.62. The highest BCUT2D eigenvalue weighted by Crippen LogP contribution is 2.26. The normalized spacial score (nSPS) is 20.5. The van der Waals surface area contributed by atoms with Crippen molar-refractivity contribution in [1.82, 2.24) is 4.90 Å². The number of carbonyl (C=O) groups excluding carboxylic acids is 1. The molecule has 0 spiro atoms. The Bertz CT molecular complexity index is 498. The Morgan fingerprint density at radius 1 is 1.17 bits per heavy atom. The van der Waals surface area contributed by atoms with E-state index >= 15 is 0 Å². The summed E-state index contributed by atoms with van der Waals surface area (Å²) in [7, 11) is 3.60. The van der Waals surface area contributed by atoms with Gasteiger partial charge in [0.05, 0.1) is 19.5 Å². The minimum absolute atomic E-state index is 0.240. The molecule has 1 amide bonds. The van der Waals surface area contributed by atoms with Gasteiger partial charge in [0.2, 0.25) is 5.91 Å². The highest BCUT2D eigenvalue weighted by Gasteiger charge is 2.24. The van der Waals surface area contributed by atoms with Gasteiger partial charge in [0.15, 0.2) is 0 Å². The largest absolute Gasteiger partial charge is 0.497 e. The first-order valence-electron chi connectivity index (χ1n) is 8.70. The Hall–Kier alpha value is -1.36. The molecular weight excluding hydrogens is 322 g/mol. The summed E-state index contributed by atoms with van der Waals surface area (Å²) in [5.74, 6) is 4.05. The fourth-order valence-corrected chi connectivity index (χ4v) is 3.71. The van der Waals surface area contributed by atoms with Gasteiger partial charge < -0.3 is 14.4 Å². The third kappa shape index (κ3) is 5.93. The van der Waals surface area contributed by atoms with E-state index in [0.29, 0.717) is 18.4 Å². The Morgan fingerprint density at radius 2 is 1.79 bits per heavy atom. The molecule has 134 valence electrons. The van der Waals surface area contributed by atoms with E-state index in [2.05, 4.69) is 6.92 Å². The molecule has 0 N–H and O–H groups in total. The number of benzene rings is 1. The maximum absolute atomic E-state index is 12.3. The van der Waals surface area contributed by atoms with Crippen LogP contribution in [0.5, 0.6) is 11.5 Å². The number of carbonyl (C=O) groups is 1. The van der Waals surface area contributed by atoms with Crippen molar-refractivity contribution >= 4 is 17.7 Å². The predicted octanol–water partition coefficient (Wildman–Crippen LogP) is 3.84. The van der Waals surface area contributed by atoms with Crippen molar-refractivity contribution in [2.75, 3.05) is 32.3 Å². The molecule has 1 fully saturated rings. The first-order valence-corrected chi connectivity index (χ1v) is 9.86. The van der Waals surface area contributed by atoms with Crippen LogP contribution in [0.3, 0.4) is 0 Å². The molecule has 1 aliphatic carbocycles. The Kier molecular flexibility index (Phi) is 7.76. The number of thioether (sulfide) groups is 1. The number of rotatable bonds is 8. The lowest BCUT2D eigenvalue weighted by Crippen LogP contribution is -2.40. The van der Waals surface area contributed by atoms with Gasteiger partial charge in [0.25, 0.3) is 0 Å². The van der Waals surface area contributed by atoms with E-state index in [4.69, 9.17) is 9.47 Å². The minimum atomic E-state index is 0.240. The second-order valence-electron chi connectivity index (χ2n) is 6.49. The zero-order chi connectivity index (χ0) is 17.4. The van der Waals surface area contributed by atoms with Gasteiger partial charge in [-0.05, 0) is 55.9 Å². The van der Waals surface area contributed by atoms with E-state index in [1.165, 1.54) is 12.8 Å². The van der Waals surface area contributed by atoms with Crippen LogP contribution >= 0.6 is 11.8 Å². The molecule has 1 saturated carbocycles. The smallest absolute Gasteiger partial charge is 0.232 e. The fraction of sp³-hybridized carbons (Fsp3) is 0.632. The highest BCUT2D eigenvalue weighted by molar-refractivity contribution is 7.99. The molecule has 0 saturated heterocycles. The van der Waals surface area contributed by atoms with Crippen LogP contribution in [0.25, 0.3) is 0 Å². The van der Waals surface area contributed by atoms with Crippen molar-refractivity contribution in [2.24, 2.45) is 5.92 Å². The monoisotopic (exact) mass is 351 g/mol. The first-order chi connectivity index (χ1) is 11.6. The van der Waals surface area contributed by atoms with Gasteiger partial charge in [-0.3, -0.25) is 4.79 Å². The summed E-state index contributed by atoms with van der Waals surface area (Å²) in [6.45, 7) is 2.91. The van der Waals surface area contributed by atoms with Crippen molar-refractivity contribution in [1.29, 1.82) is 0 Å². The average molecular weight is 352 g/mol. The molecule has 24 heavy (non-hydrogen) atoms. The Labute approximate surface area is 149 Å². The predicted molar refractivity (Wildman–Crippen MR) is 100 cm³/mol. The number of amides is 1. The van der Waals surface area contributed by atoms with Crippen LogP contribution in [-0.4, -0.2) is 49.1 Å². The van der Waals surface area contributed by atoms with Crippen molar-refractivity contribution in [3.63, 3.8) is 0 Å². The van der Waals surface area contributed by atoms with Crippen LogP contribution in [0.4, 0.5) is 0 Å². The topological polar surface area (TPSA) is 38.8 Å². The summed E-state index contributed by atoms with van der Waals surface area (Å²) in [4.78, 5) is 14.2. The van der Waals surface area contributed by atoms with Gasteiger partial charge >= 0.3 is 0 Å². The molecular formula is C19H29NO3S. The van der Waals surface area contributed by atoms with Gasteiger partial charge in [-0.2, -0.15) is 0 Å². The van der Waals surface area contributed by atoms with Crippen LogP contribution in [0.2, 0.25) is 0 Å². The van der Waals surface area contributed by atoms with Crippen molar-refractivity contribution in [3.05, 3.63) is 24.3 Å². The van der Waals surface area contributed by atoms with Gasteiger partial charge in [0, 0.05) is 18.8 Å². The van der Waals surface area contributed by atoms with E-state index < -0.39 is 0 Å². The lowest BCUT2D eigenvalue weighted by atomic mass is 9.87. The number of ether oxygens (including phenoxy) is 2. The van der Waals surface area contributed by atoms with E-state index in [1.807, 2.05) is 36.2 Å². The van der Waals surface area contributed by atoms with Crippen LogP contribution < -0.4 is 9.47 Å².